The summed E-state index contributed by atoms with van der Waals surface area (Å²) in [5.74, 6) is 1.62. The topological polar surface area (TPSA) is 59.2 Å². The van der Waals surface area contributed by atoms with Gasteiger partial charge in [0.25, 0.3) is 0 Å². The van der Waals surface area contributed by atoms with Gasteiger partial charge in [0.05, 0.1) is 12.3 Å². The third-order valence-electron chi connectivity index (χ3n) is 4.47. The van der Waals surface area contributed by atoms with E-state index in [0.29, 0.717) is 37.6 Å². The molecule has 1 fully saturated rings. The molecule has 0 N–H and O–H groups in total. The smallest absolute Gasteiger partial charge is 0.233 e. The van der Waals surface area contributed by atoms with Crippen molar-refractivity contribution in [2.45, 2.75) is 18.8 Å². The van der Waals surface area contributed by atoms with Crippen LogP contribution in [0.2, 0.25) is 0 Å². The lowest BCUT2D eigenvalue weighted by molar-refractivity contribution is -0.135. The van der Waals surface area contributed by atoms with Crippen LogP contribution >= 0.6 is 0 Å². The van der Waals surface area contributed by atoms with E-state index in [1.54, 1.807) is 0 Å². The molecule has 126 valence electrons. The van der Waals surface area contributed by atoms with Gasteiger partial charge in [-0.3, -0.25) is 4.79 Å². The van der Waals surface area contributed by atoms with E-state index in [2.05, 4.69) is 10.1 Å². The fourth-order valence-corrected chi connectivity index (χ4v) is 3.00. The van der Waals surface area contributed by atoms with E-state index >= 15 is 0 Å². The summed E-state index contributed by atoms with van der Waals surface area (Å²) in [4.78, 5) is 18.6. The summed E-state index contributed by atoms with van der Waals surface area (Å²) >= 11 is 0. The van der Waals surface area contributed by atoms with Gasteiger partial charge in [0.1, 0.15) is 0 Å². The third-order valence-corrected chi connectivity index (χ3v) is 4.47. The molecule has 25 heavy (non-hydrogen) atoms. The van der Waals surface area contributed by atoms with E-state index in [9.17, 15) is 4.79 Å². The summed E-state index contributed by atoms with van der Waals surface area (Å²) in [6.45, 7) is 1.30. The van der Waals surface area contributed by atoms with Crippen LogP contribution in [0.25, 0.3) is 0 Å². The molecule has 1 aliphatic heterocycles. The molecule has 1 aromatic heterocycles. The number of nitrogens with zero attached hydrogens (tertiary/aromatic N) is 3. The number of hydrogen-bond acceptors (Lipinski definition) is 4. The van der Waals surface area contributed by atoms with Gasteiger partial charge in [0, 0.05) is 19.5 Å². The maximum atomic E-state index is 12.3. The van der Waals surface area contributed by atoms with Gasteiger partial charge < -0.3 is 9.42 Å². The summed E-state index contributed by atoms with van der Waals surface area (Å²) in [6, 6.07) is 19.9. The zero-order chi connectivity index (χ0) is 17.1. The Labute approximate surface area is 146 Å². The number of benzene rings is 2. The molecule has 0 unspecified atom stereocenters. The van der Waals surface area contributed by atoms with Gasteiger partial charge in [-0.25, -0.2) is 0 Å². The molecule has 0 saturated carbocycles. The summed E-state index contributed by atoms with van der Waals surface area (Å²) < 4.78 is 5.39. The van der Waals surface area contributed by atoms with E-state index in [-0.39, 0.29) is 11.8 Å². The maximum Gasteiger partial charge on any atom is 0.233 e. The Bertz CT molecular complexity index is 840. The zero-order valence-corrected chi connectivity index (χ0v) is 13.8. The van der Waals surface area contributed by atoms with Crippen molar-refractivity contribution in [2.75, 3.05) is 13.1 Å². The molecule has 0 radical (unpaired) electrons. The summed E-state index contributed by atoms with van der Waals surface area (Å²) in [6.07, 6.45) is 1.10. The van der Waals surface area contributed by atoms with Gasteiger partial charge in [0.15, 0.2) is 5.82 Å². The molecule has 0 atom stereocenters. The first-order valence-corrected chi connectivity index (χ1v) is 8.46. The van der Waals surface area contributed by atoms with Crippen LogP contribution < -0.4 is 0 Å². The van der Waals surface area contributed by atoms with Crippen molar-refractivity contribution in [3.63, 3.8) is 0 Å². The van der Waals surface area contributed by atoms with Crippen LogP contribution in [0.1, 0.15) is 28.8 Å². The van der Waals surface area contributed by atoms with Crippen molar-refractivity contribution < 1.29 is 9.32 Å². The summed E-state index contributed by atoms with van der Waals surface area (Å²) in [7, 11) is 0. The van der Waals surface area contributed by atoms with Crippen LogP contribution in [0, 0.1) is 0 Å². The van der Waals surface area contributed by atoms with Gasteiger partial charge >= 0.3 is 0 Å². The number of likely N-dealkylation sites (tertiary alicyclic amines) is 1. The number of amides is 1. The highest BCUT2D eigenvalue weighted by atomic mass is 16.5. The average Bonchev–Trinajstić information content (AvgIpc) is 3.03. The van der Waals surface area contributed by atoms with Crippen molar-refractivity contribution >= 4 is 5.91 Å². The van der Waals surface area contributed by atoms with Crippen molar-refractivity contribution in [3.8, 4) is 0 Å². The Balaban J connectivity index is 1.31. The first-order chi connectivity index (χ1) is 12.3. The molecule has 0 spiro atoms. The van der Waals surface area contributed by atoms with Gasteiger partial charge in [-0.2, -0.15) is 4.98 Å². The van der Waals surface area contributed by atoms with E-state index < -0.39 is 0 Å². The number of rotatable bonds is 5. The molecular weight excluding hydrogens is 314 g/mol. The maximum absolute atomic E-state index is 12.3. The van der Waals surface area contributed by atoms with Gasteiger partial charge in [-0.15, -0.1) is 0 Å². The lowest BCUT2D eigenvalue weighted by atomic mass is 9.99. The fraction of sp³-hybridized carbons (Fsp3) is 0.250. The number of carbonyl (C=O) groups excluding carboxylic acids is 1. The molecule has 0 aliphatic carbocycles. The van der Waals surface area contributed by atoms with Gasteiger partial charge in [-0.05, 0) is 11.1 Å². The second-order valence-corrected chi connectivity index (χ2v) is 6.37. The highest BCUT2D eigenvalue weighted by Gasteiger charge is 2.35. The van der Waals surface area contributed by atoms with Crippen molar-refractivity contribution in [1.82, 2.24) is 15.0 Å². The molecule has 1 aliphatic rings. The SMILES string of the molecule is O=C(Cc1ccccc1)N1CC(c2nc(Cc3ccccc3)no2)C1. The average molecular weight is 333 g/mol. The summed E-state index contributed by atoms with van der Waals surface area (Å²) in [5.41, 5.74) is 2.20. The summed E-state index contributed by atoms with van der Waals surface area (Å²) in [5, 5.41) is 4.06. The lowest BCUT2D eigenvalue weighted by Crippen LogP contribution is -2.49. The Morgan fingerprint density at radius 2 is 1.64 bits per heavy atom. The zero-order valence-electron chi connectivity index (χ0n) is 13.8. The van der Waals surface area contributed by atoms with Crippen LogP contribution in [0.15, 0.2) is 65.2 Å². The number of carbonyl (C=O) groups is 1. The number of hydrogen-bond donors (Lipinski definition) is 0. The second kappa shape index (κ2) is 6.89. The van der Waals surface area contributed by atoms with Crippen LogP contribution in [-0.4, -0.2) is 34.0 Å². The monoisotopic (exact) mass is 333 g/mol. The van der Waals surface area contributed by atoms with E-state index in [0.717, 1.165) is 11.1 Å². The fourth-order valence-electron chi connectivity index (χ4n) is 3.00. The first-order valence-electron chi connectivity index (χ1n) is 8.46. The van der Waals surface area contributed by atoms with Crippen molar-refractivity contribution in [3.05, 3.63) is 83.5 Å². The minimum atomic E-state index is 0.145. The third kappa shape index (κ3) is 3.60. The minimum Gasteiger partial charge on any atom is -0.341 e. The second-order valence-electron chi connectivity index (χ2n) is 6.37. The Morgan fingerprint density at radius 3 is 2.32 bits per heavy atom. The molecule has 0 bridgehead atoms. The molecule has 3 aromatic rings. The lowest BCUT2D eigenvalue weighted by Gasteiger charge is -2.37. The van der Waals surface area contributed by atoms with Gasteiger partial charge in [-0.1, -0.05) is 65.8 Å². The van der Waals surface area contributed by atoms with E-state index in [1.807, 2.05) is 65.6 Å². The predicted molar refractivity (Wildman–Crippen MR) is 93.0 cm³/mol. The minimum absolute atomic E-state index is 0.145. The standard InChI is InChI=1S/C20H19N3O2/c24-19(12-16-9-5-2-6-10-16)23-13-17(14-23)20-21-18(22-25-20)11-15-7-3-1-4-8-15/h1-10,17H,11-14H2. The Kier molecular flexibility index (Phi) is 4.29. The van der Waals surface area contributed by atoms with Crippen molar-refractivity contribution in [1.29, 1.82) is 0 Å². The van der Waals surface area contributed by atoms with Crippen LogP contribution in [0.4, 0.5) is 0 Å². The molecule has 2 aromatic carbocycles. The van der Waals surface area contributed by atoms with Crippen LogP contribution in [0.3, 0.4) is 0 Å². The van der Waals surface area contributed by atoms with E-state index in [1.165, 1.54) is 0 Å². The molecule has 5 heteroatoms. The Hall–Kier alpha value is -2.95. The quantitative estimate of drug-likeness (QED) is 0.720. The van der Waals surface area contributed by atoms with E-state index in [4.69, 9.17) is 4.52 Å². The largest absolute Gasteiger partial charge is 0.341 e. The van der Waals surface area contributed by atoms with Gasteiger partial charge in [0.2, 0.25) is 11.8 Å². The van der Waals surface area contributed by atoms with Crippen LogP contribution in [-0.2, 0) is 17.6 Å². The highest BCUT2D eigenvalue weighted by Crippen LogP contribution is 2.26. The number of aromatic nitrogens is 2. The first kappa shape index (κ1) is 15.6. The molecule has 5 nitrogen and oxygen atoms in total. The van der Waals surface area contributed by atoms with Crippen LogP contribution in [0.5, 0.6) is 0 Å². The molecule has 2 heterocycles. The molecule has 1 amide bonds. The molecular formula is C20H19N3O2. The normalized spacial score (nSPS) is 14.3. The predicted octanol–water partition coefficient (Wildman–Crippen LogP) is 2.83. The highest BCUT2D eigenvalue weighted by molar-refractivity contribution is 5.79. The Morgan fingerprint density at radius 1 is 1.00 bits per heavy atom. The molecule has 4 rings (SSSR count). The van der Waals surface area contributed by atoms with Crippen molar-refractivity contribution in [2.24, 2.45) is 0 Å². The molecule has 1 saturated heterocycles.